The minimum Gasteiger partial charge on any atom is -0.428 e. The molecular weight excluding hydrogens is 406 g/mol. The van der Waals surface area contributed by atoms with Gasteiger partial charge < -0.3 is 15.4 Å². The summed E-state index contributed by atoms with van der Waals surface area (Å²) in [7, 11) is 0. The summed E-state index contributed by atoms with van der Waals surface area (Å²) in [6.45, 7) is 5.01. The van der Waals surface area contributed by atoms with Crippen molar-refractivity contribution in [1.29, 1.82) is 0 Å². The number of aromatic nitrogens is 1. The van der Waals surface area contributed by atoms with Crippen molar-refractivity contribution < 1.29 is 31.9 Å². The Morgan fingerprint density at radius 1 is 1.10 bits per heavy atom. The van der Waals surface area contributed by atoms with Crippen LogP contribution in [-0.4, -0.2) is 29.3 Å². The SMILES string of the molecule is CC(C)C(=O)Nc1cc(C(=O)NC(C)c2cccc(OC(F)(F)C(F)F)c2)ccn1. The number of amides is 2. The van der Waals surface area contributed by atoms with E-state index in [4.69, 9.17) is 0 Å². The van der Waals surface area contributed by atoms with E-state index in [1.54, 1.807) is 20.8 Å². The van der Waals surface area contributed by atoms with Crippen LogP contribution in [0.15, 0.2) is 42.6 Å². The molecule has 0 aliphatic carbocycles. The van der Waals surface area contributed by atoms with Crippen LogP contribution in [0.5, 0.6) is 5.75 Å². The fourth-order valence-corrected chi connectivity index (χ4v) is 2.32. The Hall–Kier alpha value is -3.17. The summed E-state index contributed by atoms with van der Waals surface area (Å²) in [6, 6.07) is 7.31. The molecule has 2 amide bonds. The lowest BCUT2D eigenvalue weighted by molar-refractivity contribution is -0.253. The number of halogens is 4. The molecule has 2 rings (SSSR count). The topological polar surface area (TPSA) is 80.3 Å². The molecule has 6 nitrogen and oxygen atoms in total. The van der Waals surface area contributed by atoms with Gasteiger partial charge in [-0.25, -0.2) is 4.98 Å². The first-order chi connectivity index (χ1) is 14.0. The van der Waals surface area contributed by atoms with E-state index in [1.165, 1.54) is 30.5 Å². The van der Waals surface area contributed by atoms with Crippen LogP contribution in [0, 0.1) is 5.92 Å². The van der Waals surface area contributed by atoms with Crippen molar-refractivity contribution in [3.8, 4) is 5.75 Å². The number of hydrogen-bond donors (Lipinski definition) is 2. The molecular formula is C20H21F4N3O3. The van der Waals surface area contributed by atoms with E-state index in [-0.39, 0.29) is 23.2 Å². The number of pyridine rings is 1. The van der Waals surface area contributed by atoms with Crippen LogP contribution < -0.4 is 15.4 Å². The van der Waals surface area contributed by atoms with Gasteiger partial charge in [-0.05, 0) is 36.8 Å². The van der Waals surface area contributed by atoms with Crippen LogP contribution in [0.25, 0.3) is 0 Å². The summed E-state index contributed by atoms with van der Waals surface area (Å²) < 4.78 is 54.9. The average Bonchev–Trinajstić information content (AvgIpc) is 2.67. The van der Waals surface area contributed by atoms with Gasteiger partial charge in [0.2, 0.25) is 5.91 Å². The van der Waals surface area contributed by atoms with Gasteiger partial charge in [-0.15, -0.1) is 0 Å². The van der Waals surface area contributed by atoms with Gasteiger partial charge in [-0.1, -0.05) is 26.0 Å². The highest BCUT2D eigenvalue weighted by molar-refractivity contribution is 5.97. The van der Waals surface area contributed by atoms with Crippen molar-refractivity contribution in [2.24, 2.45) is 5.92 Å². The zero-order valence-electron chi connectivity index (χ0n) is 16.5. The van der Waals surface area contributed by atoms with E-state index in [0.29, 0.717) is 5.56 Å². The molecule has 0 bridgehead atoms. The van der Waals surface area contributed by atoms with Gasteiger partial charge in [-0.3, -0.25) is 9.59 Å². The fourth-order valence-electron chi connectivity index (χ4n) is 2.32. The average molecular weight is 427 g/mol. The lowest BCUT2D eigenvalue weighted by Gasteiger charge is -2.19. The van der Waals surface area contributed by atoms with Gasteiger partial charge in [-0.2, -0.15) is 17.6 Å². The third kappa shape index (κ3) is 6.16. The second-order valence-corrected chi connectivity index (χ2v) is 6.81. The zero-order chi connectivity index (χ0) is 22.5. The molecule has 1 atom stereocenters. The Morgan fingerprint density at radius 2 is 1.80 bits per heavy atom. The first-order valence-electron chi connectivity index (χ1n) is 9.02. The molecule has 1 aromatic heterocycles. The van der Waals surface area contributed by atoms with Crippen LogP contribution in [0.4, 0.5) is 23.4 Å². The predicted molar refractivity (Wildman–Crippen MR) is 102 cm³/mol. The Kier molecular flexibility index (Phi) is 7.36. The number of alkyl halides is 4. The Labute approximate surface area is 170 Å². The van der Waals surface area contributed by atoms with Crippen molar-refractivity contribution >= 4 is 17.6 Å². The predicted octanol–water partition coefficient (Wildman–Crippen LogP) is 4.40. The first-order valence-corrected chi connectivity index (χ1v) is 9.02. The highest BCUT2D eigenvalue weighted by Gasteiger charge is 2.44. The summed E-state index contributed by atoms with van der Waals surface area (Å²) in [5, 5.41) is 5.24. The summed E-state index contributed by atoms with van der Waals surface area (Å²) in [6.07, 6.45) is -7.24. The summed E-state index contributed by atoms with van der Waals surface area (Å²) in [4.78, 5) is 28.2. The fraction of sp³-hybridized carbons (Fsp3) is 0.350. The van der Waals surface area contributed by atoms with E-state index in [2.05, 4.69) is 20.4 Å². The first kappa shape index (κ1) is 23.1. The normalized spacial score (nSPS) is 12.6. The van der Waals surface area contributed by atoms with Gasteiger partial charge in [0.15, 0.2) is 0 Å². The minimum atomic E-state index is -4.63. The monoisotopic (exact) mass is 427 g/mol. The standard InChI is InChI=1S/C20H21F4N3O3/c1-11(2)17(28)27-16-10-14(7-8-25-16)18(29)26-12(3)13-5-4-6-15(9-13)30-20(23,24)19(21)22/h4-12,19H,1-3H3,(H,26,29)(H,25,27,28). The zero-order valence-corrected chi connectivity index (χ0v) is 16.5. The van der Waals surface area contributed by atoms with Crippen molar-refractivity contribution in [3.05, 3.63) is 53.7 Å². The van der Waals surface area contributed by atoms with Crippen LogP contribution in [0.1, 0.15) is 42.7 Å². The molecule has 162 valence electrons. The minimum absolute atomic E-state index is 0.207. The van der Waals surface area contributed by atoms with E-state index in [9.17, 15) is 27.2 Å². The molecule has 1 unspecified atom stereocenters. The van der Waals surface area contributed by atoms with Gasteiger partial charge in [0.05, 0.1) is 6.04 Å². The number of nitrogens with one attached hydrogen (secondary N) is 2. The molecule has 2 aromatic rings. The van der Waals surface area contributed by atoms with E-state index in [1.807, 2.05) is 0 Å². The smallest absolute Gasteiger partial charge is 0.428 e. The Bertz CT molecular complexity index is 906. The lowest BCUT2D eigenvalue weighted by atomic mass is 10.1. The Balaban J connectivity index is 2.09. The number of rotatable bonds is 8. The van der Waals surface area contributed by atoms with E-state index in [0.717, 1.165) is 12.1 Å². The number of hydrogen-bond acceptors (Lipinski definition) is 4. The molecule has 0 saturated carbocycles. The van der Waals surface area contributed by atoms with Gasteiger partial charge in [0.1, 0.15) is 11.6 Å². The highest BCUT2D eigenvalue weighted by Crippen LogP contribution is 2.29. The molecule has 10 heteroatoms. The van der Waals surface area contributed by atoms with Crippen molar-refractivity contribution in [2.45, 2.75) is 39.3 Å². The van der Waals surface area contributed by atoms with Crippen molar-refractivity contribution in [2.75, 3.05) is 5.32 Å². The second-order valence-electron chi connectivity index (χ2n) is 6.81. The third-order valence-electron chi connectivity index (χ3n) is 4.01. The summed E-state index contributed by atoms with van der Waals surface area (Å²) >= 11 is 0. The second kappa shape index (κ2) is 9.55. The molecule has 30 heavy (non-hydrogen) atoms. The van der Waals surface area contributed by atoms with Crippen molar-refractivity contribution in [1.82, 2.24) is 10.3 Å². The number of ether oxygens (including phenoxy) is 1. The van der Waals surface area contributed by atoms with Crippen LogP contribution in [-0.2, 0) is 4.79 Å². The number of carbonyl (C=O) groups excluding carboxylic acids is 2. The number of benzene rings is 1. The van der Waals surface area contributed by atoms with E-state index < -0.39 is 30.2 Å². The maximum Gasteiger partial charge on any atom is 0.461 e. The molecule has 0 saturated heterocycles. The Morgan fingerprint density at radius 3 is 2.43 bits per heavy atom. The van der Waals surface area contributed by atoms with Crippen LogP contribution >= 0.6 is 0 Å². The molecule has 0 fully saturated rings. The summed E-state index contributed by atoms with van der Waals surface area (Å²) in [5.41, 5.74) is 0.584. The lowest BCUT2D eigenvalue weighted by Crippen LogP contribution is -2.33. The molecule has 0 radical (unpaired) electrons. The molecule has 2 N–H and O–H groups in total. The van der Waals surface area contributed by atoms with E-state index >= 15 is 0 Å². The van der Waals surface area contributed by atoms with Crippen molar-refractivity contribution in [3.63, 3.8) is 0 Å². The molecule has 0 aliphatic heterocycles. The third-order valence-corrected chi connectivity index (χ3v) is 4.01. The maximum absolute atomic E-state index is 13.1. The number of nitrogens with zero attached hydrogens (tertiary/aromatic N) is 1. The largest absolute Gasteiger partial charge is 0.461 e. The van der Waals surface area contributed by atoms with Gasteiger partial charge >= 0.3 is 12.5 Å². The molecule has 1 heterocycles. The molecule has 0 spiro atoms. The van der Waals surface area contributed by atoms with Gasteiger partial charge in [0, 0.05) is 17.7 Å². The van der Waals surface area contributed by atoms with Gasteiger partial charge in [0.25, 0.3) is 5.91 Å². The van der Waals surface area contributed by atoms with Crippen LogP contribution in [0.3, 0.4) is 0 Å². The number of carbonyl (C=O) groups is 2. The maximum atomic E-state index is 13.1. The number of anilines is 1. The van der Waals surface area contributed by atoms with Crippen LogP contribution in [0.2, 0.25) is 0 Å². The summed E-state index contributed by atoms with van der Waals surface area (Å²) in [5.74, 6) is -1.28. The molecule has 0 aliphatic rings. The molecule has 1 aromatic carbocycles. The highest BCUT2D eigenvalue weighted by atomic mass is 19.3. The quantitative estimate of drug-likeness (QED) is 0.612.